The van der Waals surface area contributed by atoms with Crippen molar-refractivity contribution in [3.63, 3.8) is 0 Å². The van der Waals surface area contributed by atoms with Crippen molar-refractivity contribution < 1.29 is 9.47 Å². The topological polar surface area (TPSA) is 69.2 Å². The largest absolute Gasteiger partial charge is 0.483 e. The average molecular weight is 227 g/mol. The van der Waals surface area contributed by atoms with Crippen molar-refractivity contribution in [2.75, 3.05) is 20.8 Å². The zero-order chi connectivity index (χ0) is 12.3. The average Bonchev–Trinajstić information content (AvgIpc) is 2.28. The van der Waals surface area contributed by atoms with Gasteiger partial charge in [-0.05, 0) is 12.8 Å². The van der Waals surface area contributed by atoms with Gasteiger partial charge in [-0.15, -0.1) is 0 Å². The lowest BCUT2D eigenvalue weighted by Crippen LogP contribution is -2.49. The van der Waals surface area contributed by atoms with Crippen molar-refractivity contribution in [3.05, 3.63) is 0 Å². The highest BCUT2D eigenvalue weighted by atomic mass is 16.5. The van der Waals surface area contributed by atoms with Gasteiger partial charge in [0.15, 0.2) is 0 Å². The highest BCUT2D eigenvalue weighted by Gasteiger charge is 2.38. The molecular weight excluding hydrogens is 206 g/mol. The predicted octanol–water partition coefficient (Wildman–Crippen LogP) is 0.832. The molecule has 0 saturated carbocycles. The highest BCUT2D eigenvalue weighted by molar-refractivity contribution is 5.96. The minimum Gasteiger partial charge on any atom is -0.483 e. The Morgan fingerprint density at radius 1 is 1.38 bits per heavy atom. The van der Waals surface area contributed by atoms with E-state index >= 15 is 0 Å². The predicted molar refractivity (Wildman–Crippen MR) is 65.0 cm³/mol. The van der Waals surface area contributed by atoms with E-state index in [9.17, 15) is 0 Å². The molecule has 0 aromatic heterocycles. The highest BCUT2D eigenvalue weighted by Crippen LogP contribution is 2.23. The maximum absolute atomic E-state index is 5.72. The van der Waals surface area contributed by atoms with Crippen LogP contribution in [-0.2, 0) is 9.47 Å². The van der Waals surface area contributed by atoms with Gasteiger partial charge >= 0.3 is 0 Å². The van der Waals surface area contributed by atoms with E-state index in [0.29, 0.717) is 24.3 Å². The minimum absolute atomic E-state index is 0.0837. The van der Waals surface area contributed by atoms with Gasteiger partial charge in [0.25, 0.3) is 0 Å². The first-order valence-electron chi connectivity index (χ1n) is 5.44. The molecule has 1 heterocycles. The van der Waals surface area contributed by atoms with Crippen molar-refractivity contribution in [2.45, 2.75) is 32.4 Å². The van der Waals surface area contributed by atoms with Crippen LogP contribution < -0.4 is 5.73 Å². The summed E-state index contributed by atoms with van der Waals surface area (Å²) in [4.78, 5) is 9.05. The molecule has 1 aliphatic heterocycles. The molecule has 92 valence electrons. The third-order valence-electron chi connectivity index (χ3n) is 2.76. The Balaban J connectivity index is 3.12. The molecule has 16 heavy (non-hydrogen) atoms. The molecule has 0 radical (unpaired) electrons. The second kappa shape index (κ2) is 4.82. The Labute approximate surface area is 96.7 Å². The lowest BCUT2D eigenvalue weighted by atomic mass is 9.97. The van der Waals surface area contributed by atoms with E-state index in [4.69, 9.17) is 15.2 Å². The summed E-state index contributed by atoms with van der Waals surface area (Å²) >= 11 is 0. The summed E-state index contributed by atoms with van der Waals surface area (Å²) < 4.78 is 10.6. The van der Waals surface area contributed by atoms with Crippen molar-refractivity contribution in [1.29, 1.82) is 0 Å². The van der Waals surface area contributed by atoms with E-state index < -0.39 is 5.54 Å². The third kappa shape index (κ3) is 2.19. The number of aliphatic imine (C=N–C) groups is 2. The molecule has 0 saturated heterocycles. The number of methoxy groups -OCH3 is 2. The van der Waals surface area contributed by atoms with Crippen LogP contribution >= 0.6 is 0 Å². The molecule has 2 N–H and O–H groups in total. The summed E-state index contributed by atoms with van der Waals surface area (Å²) in [5.74, 6) is 1.52. The number of nitrogens with zero attached hydrogens (tertiary/aromatic N) is 2. The molecule has 0 fully saturated rings. The molecule has 1 rings (SSSR count). The lowest BCUT2D eigenvalue weighted by molar-refractivity contribution is 0.312. The number of hydrogen-bond donors (Lipinski definition) is 1. The van der Waals surface area contributed by atoms with Crippen LogP contribution in [0.4, 0.5) is 0 Å². The molecular formula is C11H21N3O2. The maximum Gasteiger partial charge on any atom is 0.213 e. The lowest BCUT2D eigenvalue weighted by Gasteiger charge is -2.32. The quantitative estimate of drug-likeness (QED) is 0.759. The maximum atomic E-state index is 5.72. The van der Waals surface area contributed by atoms with Crippen LogP contribution in [0.2, 0.25) is 0 Å². The van der Waals surface area contributed by atoms with Gasteiger partial charge in [-0.3, -0.25) is 0 Å². The molecule has 0 spiro atoms. The van der Waals surface area contributed by atoms with Crippen LogP contribution in [-0.4, -0.2) is 44.1 Å². The van der Waals surface area contributed by atoms with Crippen LogP contribution in [0, 0.1) is 5.92 Å². The number of rotatable bonds is 2. The van der Waals surface area contributed by atoms with Gasteiger partial charge in [0, 0.05) is 6.54 Å². The van der Waals surface area contributed by atoms with Crippen LogP contribution in [0.5, 0.6) is 0 Å². The number of hydrogen-bond acceptors (Lipinski definition) is 5. The van der Waals surface area contributed by atoms with Crippen molar-refractivity contribution in [3.8, 4) is 0 Å². The molecule has 0 bridgehead atoms. The van der Waals surface area contributed by atoms with E-state index in [2.05, 4.69) is 23.8 Å². The van der Waals surface area contributed by atoms with Gasteiger partial charge < -0.3 is 15.2 Å². The van der Waals surface area contributed by atoms with Crippen LogP contribution in [0.3, 0.4) is 0 Å². The normalized spacial score (nSPS) is 29.8. The van der Waals surface area contributed by atoms with Gasteiger partial charge in [0.05, 0.1) is 14.2 Å². The molecule has 0 unspecified atom stereocenters. The van der Waals surface area contributed by atoms with E-state index in [0.717, 1.165) is 0 Å². The Bertz CT molecular complexity index is 312. The van der Waals surface area contributed by atoms with Crippen molar-refractivity contribution in [2.24, 2.45) is 21.6 Å². The summed E-state index contributed by atoms with van der Waals surface area (Å²) in [5.41, 5.74) is 5.11. The monoisotopic (exact) mass is 227 g/mol. The fourth-order valence-corrected chi connectivity index (χ4v) is 1.68. The fraction of sp³-hybridized carbons (Fsp3) is 0.818. The zero-order valence-corrected chi connectivity index (χ0v) is 10.7. The summed E-state index contributed by atoms with van der Waals surface area (Å²) in [6.45, 7) is 6.38. The van der Waals surface area contributed by atoms with Crippen molar-refractivity contribution in [1.82, 2.24) is 0 Å². The van der Waals surface area contributed by atoms with Gasteiger partial charge in [-0.1, -0.05) is 13.8 Å². The molecule has 0 aromatic carbocycles. The van der Waals surface area contributed by atoms with Gasteiger partial charge in [-0.2, -0.15) is 0 Å². The SMILES string of the molecule is COC1=N[C@](C)(CN)C(OC)=N[C@H]1C(C)C. The summed E-state index contributed by atoms with van der Waals surface area (Å²) in [6.07, 6.45) is 0. The van der Waals surface area contributed by atoms with Gasteiger partial charge in [-0.25, -0.2) is 9.98 Å². The van der Waals surface area contributed by atoms with Crippen LogP contribution in [0.1, 0.15) is 20.8 Å². The smallest absolute Gasteiger partial charge is 0.213 e. The minimum atomic E-state index is -0.606. The Morgan fingerprint density at radius 2 is 2.00 bits per heavy atom. The van der Waals surface area contributed by atoms with Crippen LogP contribution in [0.15, 0.2) is 9.98 Å². The summed E-state index contributed by atoms with van der Waals surface area (Å²) in [7, 11) is 3.20. The van der Waals surface area contributed by atoms with Gasteiger partial charge in [0.2, 0.25) is 11.8 Å². The van der Waals surface area contributed by atoms with E-state index in [1.807, 2.05) is 6.92 Å². The Hall–Kier alpha value is -1.10. The molecule has 5 heteroatoms. The van der Waals surface area contributed by atoms with E-state index in [1.54, 1.807) is 14.2 Å². The first-order chi connectivity index (χ1) is 7.48. The Morgan fingerprint density at radius 3 is 2.38 bits per heavy atom. The molecule has 0 aromatic rings. The zero-order valence-electron chi connectivity index (χ0n) is 10.7. The molecule has 0 amide bonds. The van der Waals surface area contributed by atoms with Crippen molar-refractivity contribution >= 4 is 11.8 Å². The second-order valence-corrected chi connectivity index (χ2v) is 4.46. The molecule has 2 atom stereocenters. The third-order valence-corrected chi connectivity index (χ3v) is 2.76. The van der Waals surface area contributed by atoms with Crippen LogP contribution in [0.25, 0.3) is 0 Å². The standard InChI is InChI=1S/C11H21N3O2/c1-7(2)8-9(15-4)14-11(3,6-12)10(13-8)16-5/h7-8H,6,12H2,1-5H3/t8-,11+/m0/s1. The van der Waals surface area contributed by atoms with E-state index in [-0.39, 0.29) is 6.04 Å². The Kier molecular flexibility index (Phi) is 3.91. The molecule has 0 aliphatic carbocycles. The summed E-state index contributed by atoms with van der Waals surface area (Å²) in [6, 6.07) is -0.0837. The second-order valence-electron chi connectivity index (χ2n) is 4.46. The van der Waals surface area contributed by atoms with E-state index in [1.165, 1.54) is 0 Å². The fourth-order valence-electron chi connectivity index (χ4n) is 1.68. The first kappa shape index (κ1) is 13.0. The summed E-state index contributed by atoms with van der Waals surface area (Å²) in [5, 5.41) is 0. The molecule has 5 nitrogen and oxygen atoms in total. The number of nitrogens with two attached hydrogens (primary N) is 1. The molecule has 1 aliphatic rings. The van der Waals surface area contributed by atoms with Gasteiger partial charge in [0.1, 0.15) is 11.6 Å². The number of ether oxygens (including phenoxy) is 2. The first-order valence-corrected chi connectivity index (χ1v) is 5.44.